The van der Waals surface area contributed by atoms with Gasteiger partial charge in [-0.1, -0.05) is 12.1 Å². The molecular formula is C18H19N5O2S. The van der Waals surface area contributed by atoms with E-state index in [-0.39, 0.29) is 0 Å². The van der Waals surface area contributed by atoms with Crippen LogP contribution in [0.25, 0.3) is 11.1 Å². The van der Waals surface area contributed by atoms with Gasteiger partial charge >= 0.3 is 0 Å². The number of benzene rings is 2. The Morgan fingerprint density at radius 3 is 2.35 bits per heavy atom. The number of aromatic nitrogens is 2. The van der Waals surface area contributed by atoms with E-state index >= 15 is 0 Å². The Kier molecular flexibility index (Phi) is 5.33. The van der Waals surface area contributed by atoms with E-state index in [0.29, 0.717) is 16.7 Å². The fraction of sp³-hybridized carbons (Fsp3) is 0.111. The molecule has 0 aliphatic rings. The molecule has 1 unspecified atom stereocenters. The van der Waals surface area contributed by atoms with Gasteiger partial charge in [0, 0.05) is 29.4 Å². The minimum Gasteiger partial charge on any atom is -0.497 e. The summed E-state index contributed by atoms with van der Waals surface area (Å²) in [4.78, 5) is 9.36. The number of rotatable bonds is 6. The van der Waals surface area contributed by atoms with Crippen LogP contribution in [0.1, 0.15) is 0 Å². The fourth-order valence-corrected chi connectivity index (χ4v) is 2.84. The number of hydrogen-bond donors (Lipinski definition) is 4. The molecule has 3 rings (SSSR count). The Hall–Kier alpha value is -3.13. The average molecular weight is 369 g/mol. The lowest BCUT2D eigenvalue weighted by atomic mass is 10.1. The maximum absolute atomic E-state index is 11.2. The Labute approximate surface area is 153 Å². The lowest BCUT2D eigenvalue weighted by Crippen LogP contribution is -2.02. The van der Waals surface area contributed by atoms with E-state index in [0.717, 1.165) is 22.6 Å². The summed E-state index contributed by atoms with van der Waals surface area (Å²) >= 11 is 0. The van der Waals surface area contributed by atoms with E-state index < -0.39 is 10.6 Å². The van der Waals surface area contributed by atoms with Gasteiger partial charge in [0.2, 0.25) is 5.95 Å². The van der Waals surface area contributed by atoms with Crippen molar-refractivity contribution in [1.82, 2.24) is 9.97 Å². The van der Waals surface area contributed by atoms with Crippen molar-refractivity contribution in [3.63, 3.8) is 0 Å². The standard InChI is InChI=1S/C18H19N5O2S/c1-20-17-16(12-3-7-14(25-2)8-4-12)11-21-18(23-17)22-13-5-9-15(10-6-13)26(19)24/h3-11,19,26H,1-2H3,(H2,20,21,22,23). The predicted molar refractivity (Wildman–Crippen MR) is 104 cm³/mol. The third-order valence-corrected chi connectivity index (χ3v) is 4.55. The lowest BCUT2D eigenvalue weighted by molar-refractivity contribution is 0.415. The Morgan fingerprint density at radius 2 is 1.77 bits per heavy atom. The second kappa shape index (κ2) is 7.83. The molecule has 3 N–H and O–H groups in total. The topological polar surface area (TPSA) is 100.0 Å². The summed E-state index contributed by atoms with van der Waals surface area (Å²) in [6.45, 7) is 0. The van der Waals surface area contributed by atoms with E-state index in [2.05, 4.69) is 20.6 Å². The van der Waals surface area contributed by atoms with Crippen molar-refractivity contribution in [3.05, 3.63) is 54.7 Å². The average Bonchev–Trinajstić information content (AvgIpc) is 2.68. The van der Waals surface area contributed by atoms with Crippen LogP contribution >= 0.6 is 0 Å². The molecule has 8 heteroatoms. The van der Waals surface area contributed by atoms with E-state index in [1.807, 2.05) is 24.3 Å². The molecule has 26 heavy (non-hydrogen) atoms. The van der Waals surface area contributed by atoms with Gasteiger partial charge in [-0.3, -0.25) is 4.78 Å². The molecule has 7 nitrogen and oxygen atoms in total. The number of thiol groups is 1. The minimum atomic E-state index is -2.09. The van der Waals surface area contributed by atoms with Gasteiger partial charge in [0.05, 0.1) is 17.7 Å². The number of hydrogen-bond acceptors (Lipinski definition) is 7. The molecule has 2 aromatic carbocycles. The first-order chi connectivity index (χ1) is 12.6. The van der Waals surface area contributed by atoms with Crippen LogP contribution in [0.15, 0.2) is 59.6 Å². The highest BCUT2D eigenvalue weighted by molar-refractivity contribution is 7.73. The van der Waals surface area contributed by atoms with Crippen LogP contribution in [0.3, 0.4) is 0 Å². The van der Waals surface area contributed by atoms with E-state index in [1.54, 1.807) is 44.6 Å². The number of nitrogens with one attached hydrogen (secondary N) is 3. The molecular weight excluding hydrogens is 350 g/mol. The maximum Gasteiger partial charge on any atom is 0.229 e. The summed E-state index contributed by atoms with van der Waals surface area (Å²) in [5, 5.41) is 6.19. The molecule has 0 aliphatic carbocycles. The molecule has 0 saturated heterocycles. The molecule has 1 aromatic heterocycles. The summed E-state index contributed by atoms with van der Waals surface area (Å²) in [7, 11) is 1.35. The summed E-state index contributed by atoms with van der Waals surface area (Å²) in [6, 6.07) is 14.5. The Bertz CT molecular complexity index is 962. The number of methoxy groups -OCH3 is 1. The number of ether oxygens (including phenoxy) is 1. The molecule has 0 saturated carbocycles. The zero-order valence-electron chi connectivity index (χ0n) is 14.4. The molecule has 0 amide bonds. The molecule has 0 aliphatic heterocycles. The van der Waals surface area contributed by atoms with Crippen molar-refractivity contribution in [2.24, 2.45) is 0 Å². The minimum absolute atomic E-state index is 0.439. The summed E-state index contributed by atoms with van der Waals surface area (Å²) in [5.41, 5.74) is 2.61. The molecule has 0 fully saturated rings. The quantitative estimate of drug-likeness (QED) is 0.496. The second-order valence-corrected chi connectivity index (χ2v) is 6.51. The van der Waals surface area contributed by atoms with Gasteiger partial charge in [-0.25, -0.2) is 9.19 Å². The van der Waals surface area contributed by atoms with Crippen LogP contribution in [-0.2, 0) is 10.6 Å². The van der Waals surface area contributed by atoms with Crippen molar-refractivity contribution in [3.8, 4) is 16.9 Å². The van der Waals surface area contributed by atoms with Gasteiger partial charge < -0.3 is 15.4 Å². The monoisotopic (exact) mass is 369 g/mol. The second-order valence-electron chi connectivity index (χ2n) is 5.40. The molecule has 3 aromatic rings. The largest absolute Gasteiger partial charge is 0.497 e. The maximum atomic E-state index is 11.2. The van der Waals surface area contributed by atoms with E-state index in [4.69, 9.17) is 9.52 Å². The number of anilines is 3. The van der Waals surface area contributed by atoms with Crippen LogP contribution in [0.2, 0.25) is 0 Å². The van der Waals surface area contributed by atoms with Gasteiger partial charge in [0.15, 0.2) is 0 Å². The summed E-state index contributed by atoms with van der Waals surface area (Å²) in [5.74, 6) is 1.92. The van der Waals surface area contributed by atoms with Gasteiger partial charge in [0.25, 0.3) is 0 Å². The fourth-order valence-electron chi connectivity index (χ4n) is 2.42. The van der Waals surface area contributed by atoms with E-state index in [1.165, 1.54) is 0 Å². The summed E-state index contributed by atoms with van der Waals surface area (Å²) in [6.07, 6.45) is 1.75. The molecule has 0 radical (unpaired) electrons. The Morgan fingerprint density at radius 1 is 1.08 bits per heavy atom. The third kappa shape index (κ3) is 3.92. The summed E-state index contributed by atoms with van der Waals surface area (Å²) < 4.78 is 23.6. The zero-order chi connectivity index (χ0) is 18.5. The normalized spacial score (nSPS) is 11.6. The molecule has 1 heterocycles. The Balaban J connectivity index is 1.85. The highest BCUT2D eigenvalue weighted by Crippen LogP contribution is 2.28. The highest BCUT2D eigenvalue weighted by atomic mass is 32.2. The van der Waals surface area contributed by atoms with E-state index in [9.17, 15) is 4.21 Å². The van der Waals surface area contributed by atoms with Crippen LogP contribution in [0.4, 0.5) is 17.5 Å². The first kappa shape index (κ1) is 17.7. The van der Waals surface area contributed by atoms with Gasteiger partial charge in [0.1, 0.15) is 11.6 Å². The van der Waals surface area contributed by atoms with Crippen LogP contribution < -0.4 is 15.4 Å². The first-order valence-electron chi connectivity index (χ1n) is 7.85. The molecule has 0 spiro atoms. The smallest absolute Gasteiger partial charge is 0.229 e. The van der Waals surface area contributed by atoms with Gasteiger partial charge in [-0.2, -0.15) is 4.98 Å². The van der Waals surface area contributed by atoms with Crippen LogP contribution in [0.5, 0.6) is 5.75 Å². The van der Waals surface area contributed by atoms with Crippen molar-refractivity contribution >= 4 is 28.0 Å². The van der Waals surface area contributed by atoms with Crippen molar-refractivity contribution in [2.45, 2.75) is 4.90 Å². The van der Waals surface area contributed by atoms with Crippen LogP contribution in [0, 0.1) is 4.78 Å². The SMILES string of the molecule is CNc1nc(Nc2ccc([SH](=N)=O)cc2)ncc1-c1ccc(OC)cc1. The lowest BCUT2D eigenvalue weighted by Gasteiger charge is -2.11. The number of nitrogens with zero attached hydrogens (tertiary/aromatic N) is 2. The molecule has 0 bridgehead atoms. The zero-order valence-corrected chi connectivity index (χ0v) is 15.2. The molecule has 134 valence electrons. The van der Waals surface area contributed by atoms with Crippen LogP contribution in [-0.4, -0.2) is 28.3 Å². The van der Waals surface area contributed by atoms with Gasteiger partial charge in [-0.05, 0) is 42.0 Å². The van der Waals surface area contributed by atoms with Crippen molar-refractivity contribution in [2.75, 3.05) is 24.8 Å². The predicted octanol–water partition coefficient (Wildman–Crippen LogP) is 3.54. The van der Waals surface area contributed by atoms with Gasteiger partial charge in [-0.15, -0.1) is 0 Å². The van der Waals surface area contributed by atoms with Crippen molar-refractivity contribution < 1.29 is 8.95 Å². The first-order valence-corrected chi connectivity index (χ1v) is 9.11. The van der Waals surface area contributed by atoms with Crippen molar-refractivity contribution in [1.29, 1.82) is 4.78 Å². The molecule has 1 atom stereocenters. The highest BCUT2D eigenvalue weighted by Gasteiger charge is 2.09. The third-order valence-electron chi connectivity index (χ3n) is 3.78.